The Bertz CT molecular complexity index is 692. The van der Waals surface area contributed by atoms with Crippen LogP contribution in [-0.2, 0) is 13.1 Å². The highest BCUT2D eigenvalue weighted by atomic mass is 16.2. The average Bonchev–Trinajstić information content (AvgIpc) is 3.24. The molecule has 0 radical (unpaired) electrons. The third-order valence-corrected chi connectivity index (χ3v) is 4.95. The molecule has 0 aromatic carbocycles. The molecule has 6 nitrogen and oxygen atoms in total. The van der Waals surface area contributed by atoms with Crippen molar-refractivity contribution >= 4 is 5.91 Å². The van der Waals surface area contributed by atoms with E-state index in [9.17, 15) is 4.79 Å². The summed E-state index contributed by atoms with van der Waals surface area (Å²) in [5.74, 6) is 1.38. The molecule has 0 unspecified atom stereocenters. The van der Waals surface area contributed by atoms with E-state index in [1.54, 1.807) is 12.3 Å². The minimum atomic E-state index is -0.00141. The molecule has 2 aromatic heterocycles. The summed E-state index contributed by atoms with van der Waals surface area (Å²) in [5.41, 5.74) is 0.512. The van der Waals surface area contributed by atoms with Crippen molar-refractivity contribution in [3.63, 3.8) is 0 Å². The lowest BCUT2D eigenvalue weighted by Gasteiger charge is -2.27. The Hall–Kier alpha value is -2.21. The summed E-state index contributed by atoms with van der Waals surface area (Å²) in [6.07, 6.45) is 8.12. The van der Waals surface area contributed by atoms with Gasteiger partial charge in [-0.2, -0.15) is 0 Å². The monoisotopic (exact) mass is 325 g/mol. The molecule has 126 valence electrons. The van der Waals surface area contributed by atoms with Gasteiger partial charge in [0.05, 0.1) is 6.54 Å². The Labute approximate surface area is 142 Å². The smallest absolute Gasteiger partial charge is 0.272 e. The number of fused-ring (bicyclic) bond motifs is 1. The number of hydrogen-bond acceptors (Lipinski definition) is 4. The number of aromatic nitrogens is 3. The largest absolute Gasteiger partial charge is 0.333 e. The van der Waals surface area contributed by atoms with Gasteiger partial charge in [-0.3, -0.25) is 9.78 Å². The van der Waals surface area contributed by atoms with Crippen LogP contribution >= 0.6 is 0 Å². The Balaban J connectivity index is 1.55. The third kappa shape index (κ3) is 3.19. The van der Waals surface area contributed by atoms with Gasteiger partial charge in [-0.1, -0.05) is 6.07 Å². The predicted octanol–water partition coefficient (Wildman–Crippen LogP) is 1.65. The zero-order valence-corrected chi connectivity index (χ0v) is 13.8. The number of hydrogen-bond donors (Lipinski definition) is 0. The molecular weight excluding hydrogens is 302 g/mol. The number of carbonyl (C=O) groups is 1. The van der Waals surface area contributed by atoms with E-state index in [2.05, 4.69) is 19.4 Å². The van der Waals surface area contributed by atoms with Crippen LogP contribution in [0.4, 0.5) is 0 Å². The maximum absolute atomic E-state index is 12.9. The lowest BCUT2D eigenvalue weighted by molar-refractivity contribution is 0.0701. The number of imidazole rings is 1. The van der Waals surface area contributed by atoms with Gasteiger partial charge in [0.15, 0.2) is 0 Å². The van der Waals surface area contributed by atoms with Crippen molar-refractivity contribution in [3.05, 3.63) is 48.3 Å². The molecule has 0 aliphatic carbocycles. The van der Waals surface area contributed by atoms with Crippen LogP contribution in [0.1, 0.15) is 29.2 Å². The first-order chi connectivity index (χ1) is 11.8. The lowest BCUT2D eigenvalue weighted by atomic mass is 10.1. The standard InChI is InChI=1S/C18H23N5O/c24-18(16-5-1-2-6-19-16)23-13-15(11-21-8-3-4-9-21)12-22-10-7-20-17(22)14-23/h1-2,5-7,10,15H,3-4,8-9,11-14H2/t15-/m1/s1. The van der Waals surface area contributed by atoms with Crippen LogP contribution in [0.5, 0.6) is 0 Å². The fourth-order valence-electron chi connectivity index (χ4n) is 3.79. The average molecular weight is 325 g/mol. The molecule has 24 heavy (non-hydrogen) atoms. The maximum Gasteiger partial charge on any atom is 0.272 e. The Morgan fingerprint density at radius 3 is 2.79 bits per heavy atom. The van der Waals surface area contributed by atoms with E-state index < -0.39 is 0 Å². The van der Waals surface area contributed by atoms with Gasteiger partial charge in [0.2, 0.25) is 0 Å². The number of likely N-dealkylation sites (tertiary alicyclic amines) is 1. The molecule has 4 heterocycles. The van der Waals surface area contributed by atoms with Gasteiger partial charge in [-0.05, 0) is 38.1 Å². The first-order valence-corrected chi connectivity index (χ1v) is 8.72. The van der Waals surface area contributed by atoms with E-state index in [0.29, 0.717) is 18.2 Å². The summed E-state index contributed by atoms with van der Waals surface area (Å²) >= 11 is 0. The molecule has 0 bridgehead atoms. The van der Waals surface area contributed by atoms with Crippen LogP contribution < -0.4 is 0 Å². The quantitative estimate of drug-likeness (QED) is 0.861. The molecule has 1 saturated heterocycles. The van der Waals surface area contributed by atoms with E-state index in [1.807, 2.05) is 29.4 Å². The summed E-state index contributed by atoms with van der Waals surface area (Å²) in [6, 6.07) is 5.48. The minimum Gasteiger partial charge on any atom is -0.333 e. The minimum absolute atomic E-state index is 0.00141. The van der Waals surface area contributed by atoms with Crippen LogP contribution in [0, 0.1) is 5.92 Å². The number of carbonyl (C=O) groups excluding carboxylic acids is 1. The second kappa shape index (κ2) is 6.73. The topological polar surface area (TPSA) is 54.3 Å². The highest BCUT2D eigenvalue weighted by Gasteiger charge is 2.28. The zero-order chi connectivity index (χ0) is 16.4. The molecule has 6 heteroatoms. The maximum atomic E-state index is 12.9. The predicted molar refractivity (Wildman–Crippen MR) is 90.4 cm³/mol. The van der Waals surface area contributed by atoms with E-state index in [-0.39, 0.29) is 5.91 Å². The molecule has 2 aliphatic rings. The summed E-state index contributed by atoms with van der Waals surface area (Å²) in [4.78, 5) is 26.0. The summed E-state index contributed by atoms with van der Waals surface area (Å²) in [7, 11) is 0. The van der Waals surface area contributed by atoms with E-state index in [4.69, 9.17) is 0 Å². The number of rotatable bonds is 3. The van der Waals surface area contributed by atoms with Gasteiger partial charge in [0, 0.05) is 44.1 Å². The van der Waals surface area contributed by atoms with Gasteiger partial charge in [0.1, 0.15) is 11.5 Å². The number of nitrogens with zero attached hydrogens (tertiary/aromatic N) is 5. The van der Waals surface area contributed by atoms with Crippen molar-refractivity contribution in [2.75, 3.05) is 26.2 Å². The van der Waals surface area contributed by atoms with Crippen molar-refractivity contribution in [3.8, 4) is 0 Å². The van der Waals surface area contributed by atoms with E-state index >= 15 is 0 Å². The molecule has 2 aromatic rings. The van der Waals surface area contributed by atoms with Gasteiger partial charge in [-0.25, -0.2) is 4.98 Å². The summed E-state index contributed by atoms with van der Waals surface area (Å²) in [6.45, 7) is 5.65. The molecule has 0 spiro atoms. The molecule has 1 fully saturated rings. The van der Waals surface area contributed by atoms with Crippen LogP contribution in [0.25, 0.3) is 0 Å². The molecule has 2 aliphatic heterocycles. The first-order valence-electron chi connectivity index (χ1n) is 8.72. The van der Waals surface area contributed by atoms with Gasteiger partial charge in [-0.15, -0.1) is 0 Å². The summed E-state index contributed by atoms with van der Waals surface area (Å²) in [5, 5.41) is 0. The van der Waals surface area contributed by atoms with E-state index in [1.165, 1.54) is 25.9 Å². The van der Waals surface area contributed by atoms with Crippen LogP contribution in [0.15, 0.2) is 36.8 Å². The Morgan fingerprint density at radius 2 is 2.00 bits per heavy atom. The SMILES string of the molecule is O=C(c1ccccn1)N1Cc2nccn2C[C@@H](CN2CCCC2)C1. The molecule has 1 amide bonds. The molecule has 1 atom stereocenters. The fourth-order valence-corrected chi connectivity index (χ4v) is 3.79. The number of amides is 1. The van der Waals surface area contributed by atoms with Crippen molar-refractivity contribution in [2.24, 2.45) is 5.92 Å². The highest BCUT2D eigenvalue weighted by molar-refractivity contribution is 5.92. The summed E-state index contributed by atoms with van der Waals surface area (Å²) < 4.78 is 2.20. The van der Waals surface area contributed by atoms with Gasteiger partial charge < -0.3 is 14.4 Å². The molecular formula is C18H23N5O. The van der Waals surface area contributed by atoms with Crippen molar-refractivity contribution < 1.29 is 4.79 Å². The third-order valence-electron chi connectivity index (χ3n) is 4.95. The zero-order valence-electron chi connectivity index (χ0n) is 13.8. The fraction of sp³-hybridized carbons (Fsp3) is 0.500. The van der Waals surface area contributed by atoms with Crippen LogP contribution in [0.2, 0.25) is 0 Å². The second-order valence-corrected chi connectivity index (χ2v) is 6.77. The van der Waals surface area contributed by atoms with E-state index in [0.717, 1.165) is 25.5 Å². The molecule has 0 N–H and O–H groups in total. The van der Waals surface area contributed by atoms with Gasteiger partial charge in [0.25, 0.3) is 5.91 Å². The Kier molecular flexibility index (Phi) is 4.30. The van der Waals surface area contributed by atoms with Crippen molar-refractivity contribution in [1.29, 1.82) is 0 Å². The Morgan fingerprint density at radius 1 is 1.12 bits per heavy atom. The normalized spacial score (nSPS) is 21.5. The number of pyridine rings is 1. The van der Waals surface area contributed by atoms with Crippen molar-refractivity contribution in [2.45, 2.75) is 25.9 Å². The highest BCUT2D eigenvalue weighted by Crippen LogP contribution is 2.20. The second-order valence-electron chi connectivity index (χ2n) is 6.77. The lowest BCUT2D eigenvalue weighted by Crippen LogP contribution is -2.38. The van der Waals surface area contributed by atoms with Gasteiger partial charge >= 0.3 is 0 Å². The molecule has 0 saturated carbocycles. The van der Waals surface area contributed by atoms with Crippen LogP contribution in [0.3, 0.4) is 0 Å². The first kappa shape index (κ1) is 15.3. The van der Waals surface area contributed by atoms with Crippen molar-refractivity contribution in [1.82, 2.24) is 24.3 Å². The molecule has 4 rings (SSSR count). The van der Waals surface area contributed by atoms with Crippen LogP contribution in [-0.4, -0.2) is 56.4 Å².